The van der Waals surface area contributed by atoms with Gasteiger partial charge in [-0.3, -0.25) is 9.59 Å². The van der Waals surface area contributed by atoms with Gasteiger partial charge in [0.2, 0.25) is 0 Å². The first kappa shape index (κ1) is 65.2. The number of carbonyl (C=O) groups is 3. The summed E-state index contributed by atoms with van der Waals surface area (Å²) < 4.78 is 22.9. The molecule has 9 heteroatoms. The zero-order chi connectivity index (χ0) is 49.9. The van der Waals surface area contributed by atoms with E-state index in [1.807, 2.05) is 21.1 Å². The maximum Gasteiger partial charge on any atom is 0.361 e. The molecule has 0 spiro atoms. The second-order valence-corrected chi connectivity index (χ2v) is 20.2. The molecule has 0 rings (SSSR count). The van der Waals surface area contributed by atoms with Crippen molar-refractivity contribution in [3.63, 3.8) is 0 Å². The van der Waals surface area contributed by atoms with Gasteiger partial charge < -0.3 is 28.5 Å². The number of allylic oxidation sites excluding steroid dienone is 8. The van der Waals surface area contributed by atoms with Gasteiger partial charge in [0, 0.05) is 12.8 Å². The van der Waals surface area contributed by atoms with Gasteiger partial charge in [0.1, 0.15) is 13.2 Å². The molecule has 0 aliphatic heterocycles. The van der Waals surface area contributed by atoms with E-state index in [1.165, 1.54) is 161 Å². The van der Waals surface area contributed by atoms with E-state index in [-0.39, 0.29) is 32.2 Å². The molecule has 0 aromatic rings. The van der Waals surface area contributed by atoms with E-state index in [9.17, 15) is 19.5 Å². The van der Waals surface area contributed by atoms with E-state index in [2.05, 4.69) is 62.5 Å². The minimum atomic E-state index is -1.51. The van der Waals surface area contributed by atoms with E-state index < -0.39 is 24.3 Å². The van der Waals surface area contributed by atoms with Crippen molar-refractivity contribution in [3.8, 4) is 0 Å². The van der Waals surface area contributed by atoms with Gasteiger partial charge in [0.05, 0.1) is 34.4 Å². The minimum Gasteiger partial charge on any atom is -0.477 e. The molecular weight excluding hydrogens is 851 g/mol. The lowest BCUT2D eigenvalue weighted by atomic mass is 10.0. The highest BCUT2D eigenvalue weighted by molar-refractivity contribution is 5.71. The molecule has 0 aromatic carbocycles. The normalized spacial score (nSPS) is 13.1. The molecule has 0 saturated carbocycles. The van der Waals surface area contributed by atoms with E-state index >= 15 is 0 Å². The van der Waals surface area contributed by atoms with Crippen LogP contribution in [0.2, 0.25) is 0 Å². The number of hydrogen-bond acceptors (Lipinski definition) is 7. The predicted octanol–water partition coefficient (Wildman–Crippen LogP) is 16.3. The number of carboxylic acids is 1. The Morgan fingerprint density at radius 1 is 0.456 bits per heavy atom. The Balaban J connectivity index is 4.15. The summed E-state index contributed by atoms with van der Waals surface area (Å²) in [6.45, 7) is 4.79. The third-order valence-electron chi connectivity index (χ3n) is 12.3. The predicted molar refractivity (Wildman–Crippen MR) is 286 cm³/mol. The number of nitrogens with zero attached hydrogens (tertiary/aromatic N) is 1. The quantitative estimate of drug-likeness (QED) is 0.0211. The standard InChI is InChI=1S/C59H107NO8/c1-6-8-10-12-14-16-18-20-22-23-24-25-26-27-28-29-30-31-32-33-34-35-36-38-40-42-44-46-48-50-57(62)68-55(54-67-59(58(63)64)65-52-51-60(3,4)5)53-66-56(61)49-47-45-43-41-39-37-21-19-17-15-13-11-9-7-2/h8,10,14,16,20,22,24-25,55,59H,6-7,9,11-13,15,17-19,21,23,26-54H2,1-5H3/p+1/b10-8-,16-14-,22-20-,25-24-. The number of ether oxygens (including phenoxy) is 4. The lowest BCUT2D eigenvalue weighted by Crippen LogP contribution is -2.40. The molecule has 2 atom stereocenters. The summed E-state index contributed by atoms with van der Waals surface area (Å²) in [6, 6.07) is 0. The van der Waals surface area contributed by atoms with Crippen molar-refractivity contribution in [2.24, 2.45) is 0 Å². The largest absolute Gasteiger partial charge is 0.477 e. The zero-order valence-electron chi connectivity index (χ0n) is 45.0. The number of carboxylic acid groups (broad SMARTS) is 1. The third-order valence-corrected chi connectivity index (χ3v) is 12.3. The van der Waals surface area contributed by atoms with E-state index in [4.69, 9.17) is 18.9 Å². The number of likely N-dealkylation sites (N-methyl/N-ethyl adjacent to an activating group) is 1. The average Bonchev–Trinajstić information content (AvgIpc) is 3.30. The van der Waals surface area contributed by atoms with Crippen LogP contribution in [0.5, 0.6) is 0 Å². The summed E-state index contributed by atoms with van der Waals surface area (Å²) in [7, 11) is 5.97. The highest BCUT2D eigenvalue weighted by atomic mass is 16.7. The van der Waals surface area contributed by atoms with Crippen molar-refractivity contribution in [2.45, 2.75) is 264 Å². The first-order valence-corrected chi connectivity index (χ1v) is 28.3. The van der Waals surface area contributed by atoms with Crippen LogP contribution in [-0.2, 0) is 33.3 Å². The number of aliphatic carboxylic acids is 1. The maximum absolute atomic E-state index is 12.9. The first-order chi connectivity index (χ1) is 33.1. The summed E-state index contributed by atoms with van der Waals surface area (Å²) in [4.78, 5) is 37.3. The van der Waals surface area contributed by atoms with Crippen molar-refractivity contribution in [1.29, 1.82) is 0 Å². The molecule has 0 saturated heterocycles. The van der Waals surface area contributed by atoms with Crippen molar-refractivity contribution in [3.05, 3.63) is 48.6 Å². The molecule has 0 aliphatic carbocycles. The molecule has 0 bridgehead atoms. The van der Waals surface area contributed by atoms with Crippen molar-refractivity contribution in [2.75, 3.05) is 47.5 Å². The van der Waals surface area contributed by atoms with Gasteiger partial charge in [-0.25, -0.2) is 4.79 Å². The Morgan fingerprint density at radius 3 is 1.25 bits per heavy atom. The first-order valence-electron chi connectivity index (χ1n) is 28.3. The van der Waals surface area contributed by atoms with Gasteiger partial charge in [-0.2, -0.15) is 0 Å². The highest BCUT2D eigenvalue weighted by Crippen LogP contribution is 2.17. The summed E-state index contributed by atoms with van der Waals surface area (Å²) in [5.74, 6) is -1.99. The number of hydrogen-bond donors (Lipinski definition) is 1. The van der Waals surface area contributed by atoms with Gasteiger partial charge >= 0.3 is 17.9 Å². The maximum atomic E-state index is 12.9. The Bertz CT molecular complexity index is 1250. The molecule has 396 valence electrons. The SMILES string of the molecule is CC/C=C\C/C=C\C/C=C\C/C=C\CCCCCCCCCCCCCCCCCCC(=O)OC(COC(=O)CCCCCCCCCCCCCCCC)COC(OCC[N+](C)(C)C)C(=O)O. The van der Waals surface area contributed by atoms with Crippen LogP contribution in [0.15, 0.2) is 48.6 Å². The second kappa shape index (κ2) is 50.6. The number of esters is 2. The second-order valence-electron chi connectivity index (χ2n) is 20.2. The Kier molecular flexibility index (Phi) is 48.6. The van der Waals surface area contributed by atoms with E-state index in [0.29, 0.717) is 17.4 Å². The lowest BCUT2D eigenvalue weighted by Gasteiger charge is -2.25. The zero-order valence-corrected chi connectivity index (χ0v) is 45.0. The van der Waals surface area contributed by atoms with Gasteiger partial charge in [-0.05, 0) is 51.4 Å². The monoisotopic (exact) mass is 959 g/mol. The summed E-state index contributed by atoms with van der Waals surface area (Å²) in [5.41, 5.74) is 0. The lowest BCUT2D eigenvalue weighted by molar-refractivity contribution is -0.870. The molecule has 2 unspecified atom stereocenters. The fraction of sp³-hybridized carbons (Fsp3) is 0.814. The molecule has 0 radical (unpaired) electrons. The number of quaternary nitrogens is 1. The smallest absolute Gasteiger partial charge is 0.361 e. The van der Waals surface area contributed by atoms with Gasteiger partial charge in [0.25, 0.3) is 6.29 Å². The molecule has 0 amide bonds. The van der Waals surface area contributed by atoms with Gasteiger partial charge in [-0.15, -0.1) is 0 Å². The van der Waals surface area contributed by atoms with E-state index in [1.54, 1.807) is 0 Å². The molecule has 0 aromatic heterocycles. The number of unbranched alkanes of at least 4 members (excludes halogenated alkanes) is 29. The van der Waals surface area contributed by atoms with Crippen molar-refractivity contribution in [1.82, 2.24) is 0 Å². The van der Waals surface area contributed by atoms with Crippen LogP contribution in [0.3, 0.4) is 0 Å². The molecule has 0 aliphatic rings. The number of carbonyl (C=O) groups excluding carboxylic acids is 2. The number of rotatable bonds is 52. The molecule has 68 heavy (non-hydrogen) atoms. The Morgan fingerprint density at radius 2 is 0.838 bits per heavy atom. The van der Waals surface area contributed by atoms with Crippen LogP contribution in [0.4, 0.5) is 0 Å². The fourth-order valence-electron chi connectivity index (χ4n) is 8.01. The van der Waals surface area contributed by atoms with E-state index in [0.717, 1.165) is 64.2 Å². The van der Waals surface area contributed by atoms with Gasteiger partial charge in [-0.1, -0.05) is 236 Å². The topological polar surface area (TPSA) is 108 Å². The van der Waals surface area contributed by atoms with Crippen LogP contribution in [-0.4, -0.2) is 87.4 Å². The Hall–Kier alpha value is -2.75. The minimum absolute atomic E-state index is 0.178. The van der Waals surface area contributed by atoms with Crippen LogP contribution < -0.4 is 0 Å². The molecule has 0 fully saturated rings. The summed E-state index contributed by atoms with van der Waals surface area (Å²) in [6.07, 6.45) is 59.0. The summed E-state index contributed by atoms with van der Waals surface area (Å²) in [5, 5.41) is 9.68. The molecule has 9 nitrogen and oxygen atoms in total. The van der Waals surface area contributed by atoms with Crippen LogP contribution in [0, 0.1) is 0 Å². The van der Waals surface area contributed by atoms with Crippen LogP contribution in [0.25, 0.3) is 0 Å². The highest BCUT2D eigenvalue weighted by Gasteiger charge is 2.25. The fourth-order valence-corrected chi connectivity index (χ4v) is 8.01. The van der Waals surface area contributed by atoms with Gasteiger partial charge in [0.15, 0.2) is 6.10 Å². The van der Waals surface area contributed by atoms with Crippen molar-refractivity contribution < 1.29 is 42.9 Å². The third kappa shape index (κ3) is 51.1. The average molecular weight is 960 g/mol. The van der Waals surface area contributed by atoms with Crippen LogP contribution >= 0.6 is 0 Å². The van der Waals surface area contributed by atoms with Crippen molar-refractivity contribution >= 4 is 17.9 Å². The summed E-state index contributed by atoms with van der Waals surface area (Å²) >= 11 is 0. The molecular formula is C59H108NO8+. The molecule has 0 heterocycles. The van der Waals surface area contributed by atoms with Crippen LogP contribution in [0.1, 0.15) is 251 Å². The Labute approximate surface area is 419 Å². The molecule has 1 N–H and O–H groups in total.